The molecular weight excluding hydrogens is 220 g/mol. The summed E-state index contributed by atoms with van der Waals surface area (Å²) >= 11 is 0. The number of H-pyrrole nitrogens is 1. The molecular formula is C12H10N2O3. The summed E-state index contributed by atoms with van der Waals surface area (Å²) in [6, 6.07) is 6.72. The Hall–Kier alpha value is -2.43. The lowest BCUT2D eigenvalue weighted by molar-refractivity contribution is 0.112. The van der Waals surface area contributed by atoms with Gasteiger partial charge in [0.25, 0.3) is 0 Å². The monoisotopic (exact) mass is 230 g/mol. The van der Waals surface area contributed by atoms with Gasteiger partial charge >= 0.3 is 5.69 Å². The molecule has 17 heavy (non-hydrogen) atoms. The van der Waals surface area contributed by atoms with Crippen LogP contribution >= 0.6 is 0 Å². The summed E-state index contributed by atoms with van der Waals surface area (Å²) in [6.45, 7) is 1.71. The van der Waals surface area contributed by atoms with Crippen LogP contribution in [0.25, 0.3) is 0 Å². The van der Waals surface area contributed by atoms with E-state index in [1.54, 1.807) is 31.2 Å². The van der Waals surface area contributed by atoms with Gasteiger partial charge in [0, 0.05) is 5.56 Å². The molecule has 1 N–H and O–H groups in total. The first-order valence-corrected chi connectivity index (χ1v) is 4.98. The molecule has 0 bridgehead atoms. The predicted octanol–water partition coefficient (Wildman–Crippen LogP) is 1.68. The van der Waals surface area contributed by atoms with Gasteiger partial charge in [-0.05, 0) is 19.1 Å². The van der Waals surface area contributed by atoms with Gasteiger partial charge in [0.05, 0.1) is 11.9 Å². The average Bonchev–Trinajstić information content (AvgIpc) is 2.33. The molecule has 1 aromatic carbocycles. The summed E-state index contributed by atoms with van der Waals surface area (Å²) < 4.78 is 5.52. The van der Waals surface area contributed by atoms with Crippen molar-refractivity contribution in [2.75, 3.05) is 0 Å². The number of rotatable bonds is 3. The highest BCUT2D eigenvalue weighted by atomic mass is 16.5. The van der Waals surface area contributed by atoms with E-state index in [4.69, 9.17) is 4.74 Å². The molecule has 1 heterocycles. The molecule has 0 spiro atoms. The molecule has 0 radical (unpaired) electrons. The zero-order valence-electron chi connectivity index (χ0n) is 9.14. The number of aromatic amines is 1. The molecule has 86 valence electrons. The molecule has 0 fully saturated rings. The number of aldehydes is 1. The maximum atomic E-state index is 10.9. The Morgan fingerprint density at radius 1 is 1.41 bits per heavy atom. The second kappa shape index (κ2) is 4.61. The lowest BCUT2D eigenvalue weighted by Gasteiger charge is -2.07. The van der Waals surface area contributed by atoms with Crippen molar-refractivity contribution in [2.45, 2.75) is 6.92 Å². The Labute approximate surface area is 97.1 Å². The van der Waals surface area contributed by atoms with E-state index in [-0.39, 0.29) is 0 Å². The van der Waals surface area contributed by atoms with Gasteiger partial charge in [-0.25, -0.2) is 4.79 Å². The van der Waals surface area contributed by atoms with Crippen LogP contribution in [0.1, 0.15) is 16.1 Å². The number of carbonyl (C=O) groups excluding carboxylic acids is 1. The van der Waals surface area contributed by atoms with Crippen LogP contribution in [0.15, 0.2) is 35.3 Å². The van der Waals surface area contributed by atoms with E-state index in [0.717, 1.165) is 6.29 Å². The van der Waals surface area contributed by atoms with Gasteiger partial charge in [-0.15, -0.1) is 0 Å². The summed E-state index contributed by atoms with van der Waals surface area (Å²) in [6.07, 6.45) is 2.09. The van der Waals surface area contributed by atoms with Crippen LogP contribution in [0.2, 0.25) is 0 Å². The quantitative estimate of drug-likeness (QED) is 0.814. The minimum atomic E-state index is -0.420. The highest BCUT2D eigenvalue weighted by molar-refractivity contribution is 5.75. The van der Waals surface area contributed by atoms with Gasteiger partial charge in [0.15, 0.2) is 5.75 Å². The molecule has 0 saturated heterocycles. The first-order valence-electron chi connectivity index (χ1n) is 4.98. The van der Waals surface area contributed by atoms with Crippen molar-refractivity contribution >= 4 is 6.29 Å². The number of aryl methyl sites for hydroxylation is 1. The minimum absolute atomic E-state index is 0.420. The summed E-state index contributed by atoms with van der Waals surface area (Å²) in [7, 11) is 0. The molecule has 0 unspecified atom stereocenters. The van der Waals surface area contributed by atoms with Gasteiger partial charge < -0.3 is 9.72 Å². The van der Waals surface area contributed by atoms with Crippen molar-refractivity contribution in [2.24, 2.45) is 0 Å². The second-order valence-electron chi connectivity index (χ2n) is 3.47. The largest absolute Gasteiger partial charge is 0.454 e. The van der Waals surface area contributed by atoms with E-state index in [0.29, 0.717) is 22.8 Å². The number of nitrogens with one attached hydrogen (secondary N) is 1. The third-order valence-corrected chi connectivity index (χ3v) is 2.19. The molecule has 1 aromatic heterocycles. The highest BCUT2D eigenvalue weighted by Crippen LogP contribution is 2.22. The van der Waals surface area contributed by atoms with E-state index in [1.807, 2.05) is 0 Å². The van der Waals surface area contributed by atoms with Crippen LogP contribution < -0.4 is 10.4 Å². The van der Waals surface area contributed by atoms with Crippen LogP contribution in [0.5, 0.6) is 11.5 Å². The van der Waals surface area contributed by atoms with Crippen LogP contribution in [-0.4, -0.2) is 16.3 Å². The molecule has 5 nitrogen and oxygen atoms in total. The number of carbonyl (C=O) groups is 1. The molecule has 0 amide bonds. The first-order chi connectivity index (χ1) is 8.19. The molecule has 2 rings (SSSR count). The van der Waals surface area contributed by atoms with Gasteiger partial charge in [0.1, 0.15) is 12.0 Å². The fourth-order valence-electron chi connectivity index (χ4n) is 1.35. The highest BCUT2D eigenvalue weighted by Gasteiger charge is 2.03. The van der Waals surface area contributed by atoms with Crippen molar-refractivity contribution in [1.29, 1.82) is 0 Å². The third kappa shape index (κ3) is 2.57. The number of hydrogen-bond donors (Lipinski definition) is 1. The number of hydrogen-bond acceptors (Lipinski definition) is 4. The van der Waals surface area contributed by atoms with Crippen molar-refractivity contribution in [1.82, 2.24) is 9.97 Å². The minimum Gasteiger partial charge on any atom is -0.454 e. The van der Waals surface area contributed by atoms with Crippen molar-refractivity contribution in [3.63, 3.8) is 0 Å². The fourth-order valence-corrected chi connectivity index (χ4v) is 1.35. The topological polar surface area (TPSA) is 72.1 Å². The molecule has 0 aliphatic carbocycles. The van der Waals surface area contributed by atoms with Gasteiger partial charge in [-0.3, -0.25) is 4.79 Å². The van der Waals surface area contributed by atoms with Crippen LogP contribution in [0.3, 0.4) is 0 Å². The van der Waals surface area contributed by atoms with Gasteiger partial charge in [-0.2, -0.15) is 4.98 Å². The number of benzene rings is 1. The standard InChI is InChI=1S/C12H10N2O3/c1-8-11(6-13-12(16)14-8)17-10-4-2-3-9(5-10)7-15/h2-7H,1H3,(H,13,14,16). The fraction of sp³-hybridized carbons (Fsp3) is 0.0833. The third-order valence-electron chi connectivity index (χ3n) is 2.19. The van der Waals surface area contributed by atoms with Crippen molar-refractivity contribution in [3.8, 4) is 11.5 Å². The number of ether oxygens (including phenoxy) is 1. The normalized spacial score (nSPS) is 9.94. The Morgan fingerprint density at radius 2 is 2.24 bits per heavy atom. The molecule has 5 heteroatoms. The summed E-state index contributed by atoms with van der Waals surface area (Å²) in [5, 5.41) is 0. The van der Waals surface area contributed by atoms with Crippen LogP contribution in [0, 0.1) is 6.92 Å². The molecule has 0 saturated carbocycles. The van der Waals surface area contributed by atoms with E-state index < -0.39 is 5.69 Å². The van der Waals surface area contributed by atoms with E-state index in [9.17, 15) is 9.59 Å². The zero-order chi connectivity index (χ0) is 12.3. The van der Waals surface area contributed by atoms with Gasteiger partial charge in [-0.1, -0.05) is 12.1 Å². The number of nitrogens with zero attached hydrogens (tertiary/aromatic N) is 1. The van der Waals surface area contributed by atoms with E-state index in [2.05, 4.69) is 9.97 Å². The van der Waals surface area contributed by atoms with E-state index >= 15 is 0 Å². The lowest BCUT2D eigenvalue weighted by atomic mass is 10.2. The van der Waals surface area contributed by atoms with Crippen molar-refractivity contribution in [3.05, 3.63) is 52.2 Å². The Morgan fingerprint density at radius 3 is 2.94 bits per heavy atom. The SMILES string of the molecule is Cc1[nH]c(=O)ncc1Oc1cccc(C=O)c1. The van der Waals surface area contributed by atoms with Crippen molar-refractivity contribution < 1.29 is 9.53 Å². The van der Waals surface area contributed by atoms with E-state index in [1.165, 1.54) is 6.20 Å². The maximum absolute atomic E-state index is 10.9. The van der Waals surface area contributed by atoms with Gasteiger partial charge in [0.2, 0.25) is 0 Å². The molecule has 0 atom stereocenters. The smallest absolute Gasteiger partial charge is 0.345 e. The average molecular weight is 230 g/mol. The second-order valence-corrected chi connectivity index (χ2v) is 3.47. The van der Waals surface area contributed by atoms with Crippen LogP contribution in [0.4, 0.5) is 0 Å². The summed E-state index contributed by atoms with van der Waals surface area (Å²) in [4.78, 5) is 27.6. The lowest BCUT2D eigenvalue weighted by Crippen LogP contribution is -2.11. The zero-order valence-corrected chi connectivity index (χ0v) is 9.14. The maximum Gasteiger partial charge on any atom is 0.345 e. The molecule has 2 aromatic rings. The predicted molar refractivity (Wildman–Crippen MR) is 61.5 cm³/mol. The number of aromatic nitrogens is 2. The molecule has 0 aliphatic heterocycles. The Balaban J connectivity index is 2.31. The first kappa shape index (κ1) is 11.1. The summed E-state index contributed by atoms with van der Waals surface area (Å²) in [5.41, 5.74) is 0.690. The summed E-state index contributed by atoms with van der Waals surface area (Å²) in [5.74, 6) is 0.971. The Bertz CT molecular complexity index is 605. The Kier molecular flexibility index (Phi) is 3.00. The van der Waals surface area contributed by atoms with Crippen LogP contribution in [-0.2, 0) is 0 Å². The molecule has 0 aliphatic rings.